The molecule has 17 heteroatoms. The maximum absolute atomic E-state index is 13.5. The maximum Gasteiger partial charge on any atom is 0.269 e. The molecule has 0 amide bonds. The number of rotatable bonds is 13. The molecule has 2 aromatic carbocycles. The maximum atomic E-state index is 13.5. The first-order valence-corrected chi connectivity index (χ1v) is 21.1. The highest BCUT2D eigenvalue weighted by molar-refractivity contribution is 8.03. The summed E-state index contributed by atoms with van der Waals surface area (Å²) in [6.45, 7) is 3.36. The molecule has 2 aromatic heterocycles. The van der Waals surface area contributed by atoms with Crippen molar-refractivity contribution in [3.63, 3.8) is 0 Å². The fourth-order valence-electron chi connectivity index (χ4n) is 5.16. The monoisotopic (exact) mass is 776 g/mol. The Labute approximate surface area is 294 Å². The van der Waals surface area contributed by atoms with Gasteiger partial charge in [0.1, 0.15) is 9.36 Å². The number of unbranched alkanes of at least 4 members (excludes halogenated alkanes) is 2. The smallest absolute Gasteiger partial charge is 0.269 e. The van der Waals surface area contributed by atoms with Crippen molar-refractivity contribution in [2.24, 2.45) is 0 Å². The number of benzene rings is 2. The van der Waals surface area contributed by atoms with Gasteiger partial charge < -0.3 is 4.90 Å². The van der Waals surface area contributed by atoms with Crippen LogP contribution in [0.1, 0.15) is 37.6 Å². The van der Waals surface area contributed by atoms with Crippen molar-refractivity contribution in [3.8, 4) is 0 Å². The number of allylic oxidation sites excluding steroid dienone is 1. The number of thiazole rings is 2. The van der Waals surface area contributed by atoms with E-state index in [0.717, 1.165) is 35.5 Å². The molecule has 0 saturated carbocycles. The van der Waals surface area contributed by atoms with E-state index in [9.17, 15) is 21.6 Å². The molecule has 0 atom stereocenters. The van der Waals surface area contributed by atoms with E-state index in [1.165, 1.54) is 22.7 Å². The van der Waals surface area contributed by atoms with Crippen molar-refractivity contribution in [2.45, 2.75) is 50.6 Å². The minimum Gasteiger partial charge on any atom is -0.335 e. The third-order valence-corrected chi connectivity index (χ3v) is 13.0. The summed E-state index contributed by atoms with van der Waals surface area (Å²) in [5.41, 5.74) is 1.70. The van der Waals surface area contributed by atoms with Gasteiger partial charge >= 0.3 is 0 Å². The summed E-state index contributed by atoms with van der Waals surface area (Å²) in [7, 11) is -8.09. The highest BCUT2D eigenvalue weighted by Crippen LogP contribution is 2.45. The van der Waals surface area contributed by atoms with E-state index in [-0.39, 0.29) is 23.5 Å². The summed E-state index contributed by atoms with van der Waals surface area (Å²) in [6, 6.07) is 11.5. The highest BCUT2D eigenvalue weighted by atomic mass is 35.5. The predicted octanol–water partition coefficient (Wildman–Crippen LogP) is 5.14. The van der Waals surface area contributed by atoms with Gasteiger partial charge in [0.05, 0.1) is 42.9 Å². The van der Waals surface area contributed by atoms with Crippen LogP contribution in [-0.4, -0.2) is 48.6 Å². The first-order chi connectivity index (χ1) is 22.2. The quantitative estimate of drug-likeness (QED) is 0.108. The largest absolute Gasteiger partial charge is 0.335 e. The minimum atomic E-state index is -4.07. The van der Waals surface area contributed by atoms with Gasteiger partial charge in [-0.15, -0.1) is 11.3 Å². The lowest BCUT2D eigenvalue weighted by Crippen LogP contribution is -2.36. The van der Waals surface area contributed by atoms with Gasteiger partial charge in [0, 0.05) is 30.5 Å². The van der Waals surface area contributed by atoms with Crippen LogP contribution in [0.2, 0.25) is 10.0 Å². The molecular weight excluding hydrogens is 746 g/mol. The van der Waals surface area contributed by atoms with Crippen LogP contribution in [0.5, 0.6) is 0 Å². The van der Waals surface area contributed by atoms with Crippen molar-refractivity contribution < 1.29 is 30.5 Å². The van der Waals surface area contributed by atoms with Gasteiger partial charge in [-0.25, -0.2) is 0 Å². The molecule has 2 N–H and O–H groups in total. The number of aryl methyl sites for hydroxylation is 1. The molecular formula is C30H32Cl2N3O7S5+. The number of fused-ring (bicyclic) bond motifs is 2. The Morgan fingerprint density at radius 2 is 1.60 bits per heavy atom. The van der Waals surface area contributed by atoms with E-state index in [0.29, 0.717) is 53.5 Å². The summed E-state index contributed by atoms with van der Waals surface area (Å²) >= 11 is 17.1. The van der Waals surface area contributed by atoms with Gasteiger partial charge in [-0.05, 0) is 56.5 Å². The summed E-state index contributed by atoms with van der Waals surface area (Å²) in [5, 5.41) is 2.54. The lowest BCUT2D eigenvalue weighted by Gasteiger charge is -2.20. The molecule has 0 aliphatic carbocycles. The van der Waals surface area contributed by atoms with Crippen molar-refractivity contribution in [1.82, 2.24) is 4.57 Å². The molecule has 1 aliphatic heterocycles. The predicted molar refractivity (Wildman–Crippen MR) is 193 cm³/mol. The van der Waals surface area contributed by atoms with E-state index in [1.54, 1.807) is 28.5 Å². The molecule has 0 unspecified atom stereocenters. The number of aromatic nitrogens is 2. The number of hydrogen-bond donors (Lipinski definition) is 2. The zero-order valence-corrected chi connectivity index (χ0v) is 30.7. The van der Waals surface area contributed by atoms with Crippen LogP contribution in [0.4, 0.5) is 5.69 Å². The molecule has 3 heterocycles. The Kier molecular flexibility index (Phi) is 11.6. The summed E-state index contributed by atoms with van der Waals surface area (Å²) in [5.74, 6) is -0.627. The third kappa shape index (κ3) is 9.08. The van der Waals surface area contributed by atoms with Crippen molar-refractivity contribution in [2.75, 3.05) is 23.0 Å². The highest BCUT2D eigenvalue weighted by Gasteiger charge is 2.25. The molecule has 47 heavy (non-hydrogen) atoms. The summed E-state index contributed by atoms with van der Waals surface area (Å²) in [6.07, 6.45) is 7.29. The van der Waals surface area contributed by atoms with Crippen LogP contribution in [-0.2, 0) is 33.3 Å². The van der Waals surface area contributed by atoms with E-state index >= 15 is 0 Å². The van der Waals surface area contributed by atoms with Crippen molar-refractivity contribution in [3.05, 3.63) is 82.1 Å². The second-order valence-corrected chi connectivity index (χ2v) is 17.8. The molecule has 1 aliphatic rings. The number of nitrogens with zero attached hydrogens (tertiary/aromatic N) is 3. The summed E-state index contributed by atoms with van der Waals surface area (Å²) < 4.78 is 69.0. The number of hydrogen-bond acceptors (Lipinski definition) is 9. The second-order valence-electron chi connectivity index (χ2n) is 10.7. The molecule has 0 saturated heterocycles. The molecule has 252 valence electrons. The van der Waals surface area contributed by atoms with Gasteiger partial charge in [-0.3, -0.25) is 18.5 Å². The zero-order chi connectivity index (χ0) is 33.9. The van der Waals surface area contributed by atoms with Crippen LogP contribution < -0.4 is 24.2 Å². The Morgan fingerprint density at radius 1 is 0.915 bits per heavy atom. The Morgan fingerprint density at radius 3 is 2.30 bits per heavy atom. The van der Waals surface area contributed by atoms with E-state index < -0.39 is 20.2 Å². The van der Waals surface area contributed by atoms with Gasteiger partial charge in [0.2, 0.25) is 5.52 Å². The zero-order valence-electron chi connectivity index (χ0n) is 25.1. The summed E-state index contributed by atoms with van der Waals surface area (Å²) in [4.78, 5) is 16.7. The van der Waals surface area contributed by atoms with Crippen molar-refractivity contribution >= 4 is 106 Å². The molecule has 0 fully saturated rings. The first kappa shape index (κ1) is 36.1. The van der Waals surface area contributed by atoms with Crippen molar-refractivity contribution in [1.29, 1.82) is 0 Å². The standard InChI is InChI=1S/C30H31Cl2N3O7S5/c1-2-33-28(19-29-35(14-6-8-16-47(40,41)42)23-17-20(31)21(32)18-26(23)45-29)44-25(30(33)36)11-12-27-34(13-5-7-15-46(37,38)39)22-9-3-4-10-24(22)43-27/h3-4,9-12,17-19H,2,5-8,13-16H2,1H3,(H-,37,38,39,40,41,42)/p+1. The number of halogens is 2. The van der Waals surface area contributed by atoms with Gasteiger partial charge in [-0.1, -0.05) is 58.4 Å². The number of para-hydroxylation sites is 1. The van der Waals surface area contributed by atoms with E-state index in [1.807, 2.05) is 54.0 Å². The van der Waals surface area contributed by atoms with Gasteiger partial charge in [-0.2, -0.15) is 21.4 Å². The van der Waals surface area contributed by atoms with E-state index in [2.05, 4.69) is 4.90 Å². The first-order valence-electron chi connectivity index (χ1n) is 14.6. The number of thioether (sulfide) groups is 1. The molecule has 0 spiro atoms. The Balaban J connectivity index is 1.51. The van der Waals surface area contributed by atoms with Gasteiger partial charge in [0.25, 0.3) is 30.8 Å². The molecule has 10 nitrogen and oxygen atoms in total. The Hall–Kier alpha value is -2.21. The third-order valence-electron chi connectivity index (χ3n) is 7.35. The number of anilines is 1. The lowest BCUT2D eigenvalue weighted by atomic mass is 10.2. The average molecular weight is 778 g/mol. The van der Waals surface area contributed by atoms with Gasteiger partial charge in [0.15, 0.2) is 6.54 Å². The van der Waals surface area contributed by atoms with Crippen LogP contribution in [0.25, 0.3) is 22.4 Å². The second kappa shape index (κ2) is 15.1. The molecule has 4 aromatic rings. The normalized spacial score (nSPS) is 15.4. The topological polar surface area (TPSA) is 138 Å². The SMILES string of the molecule is CCn1c(=Cc2sc3cc(Cl)c(Cl)cc3[n+]2CCCCS(=O)(=O)O)sc(=CC=C2Sc3ccccc3N2CCCCS(=O)(=O)O)c1=O. The average Bonchev–Trinajstić information content (AvgIpc) is 3.61. The van der Waals surface area contributed by atoms with Crippen LogP contribution in [0.3, 0.4) is 0 Å². The molecule has 0 radical (unpaired) electrons. The van der Waals surface area contributed by atoms with E-state index in [4.69, 9.17) is 32.3 Å². The molecule has 0 bridgehead atoms. The minimum absolute atomic E-state index is 0.132. The fraction of sp³-hybridized carbons (Fsp3) is 0.333. The van der Waals surface area contributed by atoms with Crippen LogP contribution in [0.15, 0.2) is 57.2 Å². The van der Waals surface area contributed by atoms with Crippen LogP contribution >= 0.6 is 57.6 Å². The fourth-order valence-corrected chi connectivity index (χ4v) is 10.0. The molecule has 5 rings (SSSR count). The van der Waals surface area contributed by atoms with Crippen LogP contribution in [0, 0.1) is 0 Å². The lowest BCUT2D eigenvalue weighted by molar-refractivity contribution is -0.669. The Bertz CT molecular complexity index is 2240.